The molecule has 1 heterocycles. The van der Waals surface area contributed by atoms with E-state index in [2.05, 4.69) is 43.2 Å². The van der Waals surface area contributed by atoms with E-state index in [0.717, 1.165) is 20.4 Å². The fraction of sp³-hybridized carbons (Fsp3) is 0.0714. The van der Waals surface area contributed by atoms with Crippen LogP contribution in [0, 0.1) is 3.57 Å². The third-order valence-corrected chi connectivity index (χ3v) is 4.50. The first kappa shape index (κ1) is 15.5. The summed E-state index contributed by atoms with van der Waals surface area (Å²) in [6, 6.07) is 11.1. The standard InChI is InChI=1S/C14H9Cl2IN4O/c15-10-3-1-8(5-11(10)16)7-22-13-4-2-9(6-12(13)17)14-18-20-21-19-14/h1-6H,7H2,(H,18,19,20,21). The van der Waals surface area contributed by atoms with Crippen LogP contribution in [0.25, 0.3) is 11.4 Å². The molecule has 0 unspecified atom stereocenters. The van der Waals surface area contributed by atoms with Gasteiger partial charge >= 0.3 is 0 Å². The average molecular weight is 447 g/mol. The molecule has 1 aromatic heterocycles. The van der Waals surface area contributed by atoms with Crippen molar-refractivity contribution in [1.82, 2.24) is 20.6 Å². The number of nitrogens with one attached hydrogen (secondary N) is 1. The maximum Gasteiger partial charge on any atom is 0.204 e. The number of aromatic nitrogens is 4. The van der Waals surface area contributed by atoms with Gasteiger partial charge in [-0.05, 0) is 63.7 Å². The fourth-order valence-corrected chi connectivity index (χ4v) is 2.82. The van der Waals surface area contributed by atoms with E-state index >= 15 is 0 Å². The molecule has 22 heavy (non-hydrogen) atoms. The highest BCUT2D eigenvalue weighted by atomic mass is 127. The first-order chi connectivity index (χ1) is 10.6. The minimum absolute atomic E-state index is 0.411. The van der Waals surface area contributed by atoms with Crippen molar-refractivity contribution in [3.05, 3.63) is 55.6 Å². The summed E-state index contributed by atoms with van der Waals surface area (Å²) in [5.41, 5.74) is 1.83. The number of aromatic amines is 1. The van der Waals surface area contributed by atoms with Crippen molar-refractivity contribution in [2.75, 3.05) is 0 Å². The smallest absolute Gasteiger partial charge is 0.204 e. The summed E-state index contributed by atoms with van der Waals surface area (Å²) in [5.74, 6) is 1.33. The largest absolute Gasteiger partial charge is 0.488 e. The van der Waals surface area contributed by atoms with E-state index in [1.807, 2.05) is 24.3 Å². The quantitative estimate of drug-likeness (QED) is 0.605. The molecule has 3 rings (SSSR count). The van der Waals surface area contributed by atoms with Crippen LogP contribution in [0.5, 0.6) is 5.75 Å². The number of benzene rings is 2. The van der Waals surface area contributed by atoms with Gasteiger partial charge in [-0.3, -0.25) is 0 Å². The molecule has 8 heteroatoms. The molecule has 0 radical (unpaired) electrons. The van der Waals surface area contributed by atoms with Crippen LogP contribution in [-0.2, 0) is 6.61 Å². The van der Waals surface area contributed by atoms with Gasteiger partial charge in [0.15, 0.2) is 0 Å². The van der Waals surface area contributed by atoms with Gasteiger partial charge < -0.3 is 4.74 Å². The number of halogens is 3. The molecule has 0 saturated carbocycles. The van der Waals surface area contributed by atoms with Crippen LogP contribution in [0.3, 0.4) is 0 Å². The predicted octanol–water partition coefficient (Wildman–Crippen LogP) is 4.36. The van der Waals surface area contributed by atoms with E-state index in [9.17, 15) is 0 Å². The molecule has 1 N–H and O–H groups in total. The van der Waals surface area contributed by atoms with Crippen LogP contribution in [-0.4, -0.2) is 20.6 Å². The molecular weight excluding hydrogens is 438 g/mol. The van der Waals surface area contributed by atoms with Crippen LogP contribution in [0.15, 0.2) is 36.4 Å². The molecule has 0 amide bonds. The predicted molar refractivity (Wildman–Crippen MR) is 93.1 cm³/mol. The van der Waals surface area contributed by atoms with E-state index < -0.39 is 0 Å². The molecule has 0 atom stereocenters. The normalized spacial score (nSPS) is 10.7. The minimum atomic E-state index is 0.411. The minimum Gasteiger partial charge on any atom is -0.488 e. The van der Waals surface area contributed by atoms with Crippen molar-refractivity contribution in [2.24, 2.45) is 0 Å². The zero-order chi connectivity index (χ0) is 15.5. The van der Waals surface area contributed by atoms with Gasteiger partial charge in [0.05, 0.1) is 13.6 Å². The Kier molecular flexibility index (Phi) is 4.80. The Balaban J connectivity index is 1.74. The van der Waals surface area contributed by atoms with Crippen LogP contribution in [0.2, 0.25) is 10.0 Å². The summed E-state index contributed by atoms with van der Waals surface area (Å²) < 4.78 is 6.77. The van der Waals surface area contributed by atoms with Gasteiger partial charge in [0.1, 0.15) is 12.4 Å². The summed E-state index contributed by atoms with van der Waals surface area (Å²) in [7, 11) is 0. The average Bonchev–Trinajstić information content (AvgIpc) is 3.04. The van der Waals surface area contributed by atoms with Gasteiger partial charge in [0, 0.05) is 5.56 Å². The Bertz CT molecular complexity index is 796. The van der Waals surface area contributed by atoms with Gasteiger partial charge in [0.25, 0.3) is 0 Å². The van der Waals surface area contributed by atoms with Crippen molar-refractivity contribution in [3.8, 4) is 17.1 Å². The number of nitrogens with zero attached hydrogens (tertiary/aromatic N) is 3. The molecule has 0 spiro atoms. The monoisotopic (exact) mass is 446 g/mol. The van der Waals surface area contributed by atoms with Crippen molar-refractivity contribution in [3.63, 3.8) is 0 Å². The number of H-pyrrole nitrogens is 1. The topological polar surface area (TPSA) is 63.7 Å². The molecule has 0 fully saturated rings. The van der Waals surface area contributed by atoms with E-state index in [4.69, 9.17) is 27.9 Å². The van der Waals surface area contributed by atoms with Crippen molar-refractivity contribution in [2.45, 2.75) is 6.61 Å². The third kappa shape index (κ3) is 3.50. The van der Waals surface area contributed by atoms with Crippen LogP contribution < -0.4 is 4.74 Å². The van der Waals surface area contributed by atoms with Crippen molar-refractivity contribution in [1.29, 1.82) is 0 Å². The van der Waals surface area contributed by atoms with Gasteiger partial charge in [-0.15, -0.1) is 10.2 Å². The fourth-order valence-electron chi connectivity index (χ4n) is 1.83. The third-order valence-electron chi connectivity index (χ3n) is 2.91. The molecule has 0 aliphatic rings. The molecule has 0 saturated heterocycles. The van der Waals surface area contributed by atoms with E-state index in [1.54, 1.807) is 12.1 Å². The highest BCUT2D eigenvalue weighted by molar-refractivity contribution is 14.1. The lowest BCUT2D eigenvalue weighted by Crippen LogP contribution is -1.97. The summed E-state index contributed by atoms with van der Waals surface area (Å²) in [6.07, 6.45) is 0. The van der Waals surface area contributed by atoms with Gasteiger partial charge in [0.2, 0.25) is 5.82 Å². The summed E-state index contributed by atoms with van der Waals surface area (Å²) >= 11 is 14.1. The first-order valence-corrected chi connectivity index (χ1v) is 8.07. The van der Waals surface area contributed by atoms with Gasteiger partial charge in [-0.25, -0.2) is 0 Å². The lowest BCUT2D eigenvalue weighted by Gasteiger charge is -2.09. The van der Waals surface area contributed by atoms with Crippen molar-refractivity contribution < 1.29 is 4.74 Å². The first-order valence-electron chi connectivity index (χ1n) is 6.23. The van der Waals surface area contributed by atoms with E-state index in [0.29, 0.717) is 22.5 Å². The molecule has 0 aliphatic carbocycles. The summed E-state index contributed by atoms with van der Waals surface area (Å²) in [5, 5.41) is 14.9. The maximum atomic E-state index is 5.99. The van der Waals surface area contributed by atoms with Crippen LogP contribution >= 0.6 is 45.8 Å². The highest BCUT2D eigenvalue weighted by Gasteiger charge is 2.08. The Morgan fingerprint density at radius 1 is 1.09 bits per heavy atom. The number of ether oxygens (including phenoxy) is 1. The molecular formula is C14H9Cl2IN4O. The lowest BCUT2D eigenvalue weighted by molar-refractivity contribution is 0.304. The van der Waals surface area contributed by atoms with Crippen molar-refractivity contribution >= 4 is 45.8 Å². The Hall–Kier alpha value is -1.38. The molecule has 5 nitrogen and oxygen atoms in total. The van der Waals surface area contributed by atoms with Gasteiger partial charge in [-0.2, -0.15) is 5.21 Å². The Morgan fingerprint density at radius 3 is 2.64 bits per heavy atom. The molecule has 0 bridgehead atoms. The van der Waals surface area contributed by atoms with Crippen LogP contribution in [0.4, 0.5) is 0 Å². The Morgan fingerprint density at radius 2 is 1.95 bits per heavy atom. The number of hydrogen-bond donors (Lipinski definition) is 1. The zero-order valence-electron chi connectivity index (χ0n) is 11.1. The second kappa shape index (κ2) is 6.80. The molecule has 3 aromatic rings. The second-order valence-corrected chi connectivity index (χ2v) is 6.39. The Labute approximate surface area is 150 Å². The molecule has 112 valence electrons. The number of tetrazole rings is 1. The SMILES string of the molecule is Clc1ccc(COc2ccc(-c3nn[nH]n3)cc2I)cc1Cl. The zero-order valence-corrected chi connectivity index (χ0v) is 14.7. The number of hydrogen-bond acceptors (Lipinski definition) is 4. The summed E-state index contributed by atoms with van der Waals surface area (Å²) in [6.45, 7) is 0.411. The maximum absolute atomic E-state index is 5.99. The van der Waals surface area contributed by atoms with E-state index in [1.165, 1.54) is 0 Å². The van der Waals surface area contributed by atoms with Gasteiger partial charge in [-0.1, -0.05) is 29.3 Å². The number of rotatable bonds is 4. The highest BCUT2D eigenvalue weighted by Crippen LogP contribution is 2.27. The molecule has 2 aromatic carbocycles. The summed E-state index contributed by atoms with van der Waals surface area (Å²) in [4.78, 5) is 0. The lowest BCUT2D eigenvalue weighted by atomic mass is 10.2. The second-order valence-electron chi connectivity index (χ2n) is 4.42. The van der Waals surface area contributed by atoms with Crippen LogP contribution in [0.1, 0.15) is 5.56 Å². The molecule has 0 aliphatic heterocycles. The van der Waals surface area contributed by atoms with E-state index in [-0.39, 0.29) is 0 Å².